The zero-order valence-corrected chi connectivity index (χ0v) is 17.0. The van der Waals surface area contributed by atoms with E-state index < -0.39 is 5.69 Å². The van der Waals surface area contributed by atoms with Gasteiger partial charge in [-0.2, -0.15) is 4.98 Å². The first-order valence-electron chi connectivity index (χ1n) is 9.85. The van der Waals surface area contributed by atoms with Gasteiger partial charge in [-0.1, -0.05) is 24.3 Å². The Morgan fingerprint density at radius 3 is 2.67 bits per heavy atom. The van der Waals surface area contributed by atoms with Crippen molar-refractivity contribution in [2.75, 3.05) is 5.32 Å². The van der Waals surface area contributed by atoms with Crippen molar-refractivity contribution < 1.29 is 4.79 Å². The number of anilines is 1. The Morgan fingerprint density at radius 2 is 1.87 bits per heavy atom. The number of imidazole rings is 1. The lowest BCUT2D eigenvalue weighted by atomic mass is 10.1. The second-order valence-electron chi connectivity index (χ2n) is 7.36. The number of fused-ring (bicyclic) bond motifs is 1. The zero-order chi connectivity index (χ0) is 21.1. The number of rotatable bonds is 6. The van der Waals surface area contributed by atoms with Crippen LogP contribution < -0.4 is 11.0 Å². The highest BCUT2D eigenvalue weighted by molar-refractivity contribution is 5.90. The average molecular weight is 401 g/mol. The van der Waals surface area contributed by atoms with Crippen LogP contribution in [0.15, 0.2) is 59.4 Å². The molecule has 0 fully saturated rings. The van der Waals surface area contributed by atoms with E-state index in [4.69, 9.17) is 0 Å². The number of para-hydroxylation sites is 2. The quantitative estimate of drug-likeness (QED) is 0.519. The van der Waals surface area contributed by atoms with Crippen molar-refractivity contribution in [2.24, 2.45) is 0 Å². The Balaban J connectivity index is 1.40. The fourth-order valence-corrected chi connectivity index (χ4v) is 3.50. The van der Waals surface area contributed by atoms with E-state index in [1.54, 1.807) is 19.9 Å². The van der Waals surface area contributed by atoms with Gasteiger partial charge in [0.1, 0.15) is 12.4 Å². The molecular weight excluding hydrogens is 378 g/mol. The SMILES string of the molecule is Cc1cc(C)n(CC(=O)Nc2cccc(CCc3nc4ccccc4[nH]3)c2)c(=O)n1. The number of carbonyl (C=O) groups excluding carboxylic acids is 1. The highest BCUT2D eigenvalue weighted by Gasteiger charge is 2.09. The number of nitrogens with one attached hydrogen (secondary N) is 2. The van der Waals surface area contributed by atoms with Crippen LogP contribution >= 0.6 is 0 Å². The third-order valence-electron chi connectivity index (χ3n) is 4.95. The second-order valence-corrected chi connectivity index (χ2v) is 7.36. The molecule has 0 atom stereocenters. The molecule has 4 rings (SSSR count). The molecule has 2 aromatic heterocycles. The highest BCUT2D eigenvalue weighted by atomic mass is 16.2. The predicted molar refractivity (Wildman–Crippen MR) is 117 cm³/mol. The topological polar surface area (TPSA) is 92.7 Å². The maximum Gasteiger partial charge on any atom is 0.348 e. The van der Waals surface area contributed by atoms with Crippen molar-refractivity contribution in [1.29, 1.82) is 0 Å². The number of hydrogen-bond donors (Lipinski definition) is 2. The largest absolute Gasteiger partial charge is 0.348 e. The van der Waals surface area contributed by atoms with Gasteiger partial charge in [0.05, 0.1) is 11.0 Å². The number of aryl methyl sites for hydroxylation is 4. The minimum absolute atomic E-state index is 0.0683. The summed E-state index contributed by atoms with van der Waals surface area (Å²) in [5.74, 6) is 0.674. The van der Waals surface area contributed by atoms with Crippen molar-refractivity contribution >= 4 is 22.6 Å². The molecular formula is C23H23N5O2. The van der Waals surface area contributed by atoms with Crippen LogP contribution in [0.4, 0.5) is 5.69 Å². The van der Waals surface area contributed by atoms with Crippen LogP contribution in [-0.2, 0) is 24.2 Å². The standard InChI is InChI=1S/C23H23N5O2/c1-15-12-16(2)28(23(30)24-15)14-22(29)25-18-7-5-6-17(13-18)10-11-21-26-19-8-3-4-9-20(19)27-21/h3-9,12-13H,10-11,14H2,1-2H3,(H,25,29)(H,26,27). The first kappa shape index (κ1) is 19.6. The van der Waals surface area contributed by atoms with Gasteiger partial charge in [0, 0.05) is 23.5 Å². The molecule has 2 N–H and O–H groups in total. The lowest BCUT2D eigenvalue weighted by molar-refractivity contribution is -0.116. The number of benzene rings is 2. The van der Waals surface area contributed by atoms with E-state index in [-0.39, 0.29) is 12.5 Å². The fourth-order valence-electron chi connectivity index (χ4n) is 3.50. The van der Waals surface area contributed by atoms with Gasteiger partial charge in [-0.05, 0) is 56.2 Å². The van der Waals surface area contributed by atoms with Gasteiger partial charge in [-0.15, -0.1) is 0 Å². The van der Waals surface area contributed by atoms with E-state index in [1.165, 1.54) is 4.57 Å². The maximum atomic E-state index is 12.4. The molecule has 0 aliphatic carbocycles. The molecule has 0 aliphatic heterocycles. The van der Waals surface area contributed by atoms with Gasteiger partial charge in [0.2, 0.25) is 5.91 Å². The van der Waals surface area contributed by atoms with Crippen LogP contribution in [0.25, 0.3) is 11.0 Å². The fraction of sp³-hybridized carbons (Fsp3) is 0.217. The minimum Gasteiger partial charge on any atom is -0.342 e. The van der Waals surface area contributed by atoms with E-state index in [0.717, 1.165) is 35.3 Å². The average Bonchev–Trinajstić information content (AvgIpc) is 3.12. The summed E-state index contributed by atoms with van der Waals surface area (Å²) in [6.07, 6.45) is 1.57. The van der Waals surface area contributed by atoms with Crippen LogP contribution in [0.1, 0.15) is 22.8 Å². The van der Waals surface area contributed by atoms with Gasteiger partial charge in [-0.3, -0.25) is 9.36 Å². The molecule has 0 radical (unpaired) electrons. The van der Waals surface area contributed by atoms with Crippen molar-refractivity contribution in [3.05, 3.63) is 87.9 Å². The Hall–Kier alpha value is -3.74. The number of hydrogen-bond acceptors (Lipinski definition) is 4. The van der Waals surface area contributed by atoms with E-state index in [9.17, 15) is 9.59 Å². The van der Waals surface area contributed by atoms with Crippen molar-refractivity contribution in [3.63, 3.8) is 0 Å². The molecule has 30 heavy (non-hydrogen) atoms. The molecule has 7 heteroatoms. The second kappa shape index (κ2) is 8.32. The number of carbonyl (C=O) groups is 1. The molecule has 2 heterocycles. The summed E-state index contributed by atoms with van der Waals surface area (Å²) in [7, 11) is 0. The number of aromatic amines is 1. The summed E-state index contributed by atoms with van der Waals surface area (Å²) in [6, 6.07) is 17.5. The molecule has 4 aromatic rings. The number of nitrogens with zero attached hydrogens (tertiary/aromatic N) is 3. The summed E-state index contributed by atoms with van der Waals surface area (Å²) in [4.78, 5) is 36.3. The monoisotopic (exact) mass is 401 g/mol. The summed E-state index contributed by atoms with van der Waals surface area (Å²) in [5, 5.41) is 2.87. The van der Waals surface area contributed by atoms with Crippen LogP contribution in [-0.4, -0.2) is 25.4 Å². The van der Waals surface area contributed by atoms with Crippen molar-refractivity contribution in [2.45, 2.75) is 33.2 Å². The minimum atomic E-state index is -0.415. The molecule has 0 saturated heterocycles. The van der Waals surface area contributed by atoms with Crippen LogP contribution in [0, 0.1) is 13.8 Å². The molecule has 0 saturated carbocycles. The van der Waals surface area contributed by atoms with Crippen LogP contribution in [0.3, 0.4) is 0 Å². The summed E-state index contributed by atoms with van der Waals surface area (Å²) < 4.78 is 1.37. The van der Waals surface area contributed by atoms with Gasteiger partial charge in [0.25, 0.3) is 0 Å². The smallest absolute Gasteiger partial charge is 0.342 e. The molecule has 1 amide bonds. The maximum absolute atomic E-state index is 12.4. The Kier molecular flexibility index (Phi) is 5.43. The van der Waals surface area contributed by atoms with Gasteiger partial charge in [0.15, 0.2) is 0 Å². The Bertz CT molecular complexity index is 1240. The zero-order valence-electron chi connectivity index (χ0n) is 17.0. The number of aromatic nitrogens is 4. The lowest BCUT2D eigenvalue weighted by Gasteiger charge is -2.11. The Morgan fingerprint density at radius 1 is 1.03 bits per heavy atom. The summed E-state index contributed by atoms with van der Waals surface area (Å²) >= 11 is 0. The van der Waals surface area contributed by atoms with Gasteiger partial charge >= 0.3 is 5.69 Å². The first-order valence-corrected chi connectivity index (χ1v) is 9.85. The highest BCUT2D eigenvalue weighted by Crippen LogP contribution is 2.15. The lowest BCUT2D eigenvalue weighted by Crippen LogP contribution is -2.31. The van der Waals surface area contributed by atoms with Crippen molar-refractivity contribution in [3.8, 4) is 0 Å². The molecule has 0 unspecified atom stereocenters. The molecule has 2 aromatic carbocycles. The Labute approximate surface area is 173 Å². The van der Waals surface area contributed by atoms with E-state index in [2.05, 4.69) is 20.3 Å². The number of amides is 1. The third-order valence-corrected chi connectivity index (χ3v) is 4.95. The van der Waals surface area contributed by atoms with Crippen molar-refractivity contribution in [1.82, 2.24) is 19.5 Å². The van der Waals surface area contributed by atoms with Gasteiger partial charge < -0.3 is 10.3 Å². The third kappa shape index (κ3) is 4.46. The van der Waals surface area contributed by atoms with Gasteiger partial charge in [-0.25, -0.2) is 9.78 Å². The predicted octanol–water partition coefficient (Wildman–Crippen LogP) is 3.16. The molecule has 0 bridgehead atoms. The first-order chi connectivity index (χ1) is 14.5. The molecule has 7 nitrogen and oxygen atoms in total. The molecule has 0 aliphatic rings. The van der Waals surface area contributed by atoms with E-state index in [1.807, 2.05) is 48.5 Å². The number of H-pyrrole nitrogens is 1. The normalized spacial score (nSPS) is 11.0. The van der Waals surface area contributed by atoms with E-state index >= 15 is 0 Å². The van der Waals surface area contributed by atoms with Crippen LogP contribution in [0.5, 0.6) is 0 Å². The molecule has 152 valence electrons. The summed E-state index contributed by atoms with van der Waals surface area (Å²) in [5.41, 5.74) is 4.73. The molecule has 0 spiro atoms. The van der Waals surface area contributed by atoms with Crippen LogP contribution in [0.2, 0.25) is 0 Å². The summed E-state index contributed by atoms with van der Waals surface area (Å²) in [6.45, 7) is 3.48. The van der Waals surface area contributed by atoms with E-state index in [0.29, 0.717) is 17.1 Å².